The van der Waals surface area contributed by atoms with Crippen molar-refractivity contribution in [2.24, 2.45) is 0 Å². The molecule has 0 radical (unpaired) electrons. The first-order valence-electron chi connectivity index (χ1n) is 9.56. The van der Waals surface area contributed by atoms with E-state index in [0.29, 0.717) is 0 Å². The van der Waals surface area contributed by atoms with Gasteiger partial charge in [0.25, 0.3) is 0 Å². The summed E-state index contributed by atoms with van der Waals surface area (Å²) >= 11 is 1.56. The van der Waals surface area contributed by atoms with Gasteiger partial charge in [-0.25, -0.2) is 0 Å². The molecule has 4 rings (SSSR count). The number of allylic oxidation sites excluding steroid dienone is 4. The van der Waals surface area contributed by atoms with Crippen LogP contribution >= 0.6 is 0 Å². The quantitative estimate of drug-likeness (QED) is 0.439. The molecule has 3 aromatic rings. The van der Waals surface area contributed by atoms with Gasteiger partial charge in [-0.15, -0.1) is 0 Å². The van der Waals surface area contributed by atoms with E-state index in [1.807, 2.05) is 0 Å². The molecule has 0 amide bonds. The molecule has 131 valence electrons. The Bertz CT molecular complexity index is 951. The minimum absolute atomic E-state index is 1.04. The monoisotopic (exact) mass is 425 g/mol. The van der Waals surface area contributed by atoms with Gasteiger partial charge in [-0.05, 0) is 0 Å². The van der Waals surface area contributed by atoms with Crippen LogP contribution in [0.2, 0.25) is 0 Å². The fraction of sp³-hybridized carbons (Fsp3) is 0.154. The summed E-state index contributed by atoms with van der Waals surface area (Å²) in [5.74, 6) is 0. The van der Waals surface area contributed by atoms with Crippen molar-refractivity contribution in [3.05, 3.63) is 128 Å². The number of hydrogen-bond acceptors (Lipinski definition) is 0. The summed E-state index contributed by atoms with van der Waals surface area (Å²) in [5, 5.41) is 0. The van der Waals surface area contributed by atoms with Gasteiger partial charge in [-0.1, -0.05) is 0 Å². The first kappa shape index (κ1) is 18.4. The van der Waals surface area contributed by atoms with Crippen LogP contribution in [0, 0.1) is 0 Å². The summed E-state index contributed by atoms with van der Waals surface area (Å²) in [6, 6.07) is 32.8. The van der Waals surface area contributed by atoms with Gasteiger partial charge in [0, 0.05) is 0 Å². The third kappa shape index (κ3) is 4.66. The molecule has 27 heavy (non-hydrogen) atoms. The number of rotatable bonds is 6. The average Bonchev–Trinajstić information content (AvgIpc) is 2.99. The van der Waals surface area contributed by atoms with Gasteiger partial charge >= 0.3 is 178 Å². The van der Waals surface area contributed by atoms with E-state index in [4.69, 9.17) is 0 Å². The van der Waals surface area contributed by atoms with Crippen LogP contribution in [0.4, 0.5) is 0 Å². The SMILES string of the molecule is [Zr][C]1=C(Cc2ccccc2)C(Cc2ccccc2)=C(Cc2ccccc2)C1. The van der Waals surface area contributed by atoms with Crippen LogP contribution in [0.3, 0.4) is 0 Å². The average molecular weight is 427 g/mol. The van der Waals surface area contributed by atoms with Crippen molar-refractivity contribution in [3.63, 3.8) is 0 Å². The van der Waals surface area contributed by atoms with Crippen LogP contribution in [-0.4, -0.2) is 0 Å². The van der Waals surface area contributed by atoms with Crippen molar-refractivity contribution in [2.75, 3.05) is 0 Å². The Kier molecular flexibility index (Phi) is 6.00. The maximum absolute atomic E-state index is 2.26. The van der Waals surface area contributed by atoms with E-state index in [2.05, 4.69) is 91.0 Å². The third-order valence-electron chi connectivity index (χ3n) is 5.25. The summed E-state index contributed by atoms with van der Waals surface area (Å²) in [6.07, 6.45) is 4.32. The number of benzene rings is 3. The van der Waals surface area contributed by atoms with Crippen molar-refractivity contribution in [2.45, 2.75) is 25.7 Å². The van der Waals surface area contributed by atoms with Gasteiger partial charge in [0.15, 0.2) is 0 Å². The van der Waals surface area contributed by atoms with E-state index in [1.54, 1.807) is 44.7 Å². The Morgan fingerprint density at radius 2 is 0.926 bits per heavy atom. The molecule has 0 N–H and O–H groups in total. The van der Waals surface area contributed by atoms with Gasteiger partial charge in [0.05, 0.1) is 0 Å². The third-order valence-corrected chi connectivity index (χ3v) is 6.43. The van der Waals surface area contributed by atoms with Crippen LogP contribution in [0.1, 0.15) is 23.1 Å². The number of hydrogen-bond donors (Lipinski definition) is 0. The molecule has 0 saturated heterocycles. The van der Waals surface area contributed by atoms with Gasteiger partial charge in [0.1, 0.15) is 0 Å². The molecule has 0 saturated carbocycles. The Morgan fingerprint density at radius 3 is 1.41 bits per heavy atom. The first-order valence-corrected chi connectivity index (χ1v) is 10.8. The second-order valence-electron chi connectivity index (χ2n) is 7.20. The zero-order valence-electron chi connectivity index (χ0n) is 15.5. The van der Waals surface area contributed by atoms with Crippen molar-refractivity contribution < 1.29 is 24.7 Å². The van der Waals surface area contributed by atoms with E-state index in [1.165, 1.54) is 16.7 Å². The van der Waals surface area contributed by atoms with Crippen molar-refractivity contribution in [1.82, 2.24) is 0 Å². The Labute approximate surface area is 177 Å². The molecule has 1 aliphatic carbocycles. The molecule has 0 spiro atoms. The van der Waals surface area contributed by atoms with Crippen LogP contribution < -0.4 is 0 Å². The molecule has 0 bridgehead atoms. The van der Waals surface area contributed by atoms with Gasteiger partial charge in [0.2, 0.25) is 0 Å². The molecule has 0 nitrogen and oxygen atoms in total. The predicted octanol–water partition coefficient (Wildman–Crippen LogP) is 6.22. The maximum atomic E-state index is 2.26. The van der Waals surface area contributed by atoms with Gasteiger partial charge < -0.3 is 0 Å². The van der Waals surface area contributed by atoms with Crippen LogP contribution in [0.25, 0.3) is 0 Å². The molecule has 0 aromatic heterocycles. The summed E-state index contributed by atoms with van der Waals surface area (Å²) in [6.45, 7) is 0. The van der Waals surface area contributed by atoms with Crippen molar-refractivity contribution >= 4 is 0 Å². The first-order chi connectivity index (χ1) is 13.3. The van der Waals surface area contributed by atoms with Crippen LogP contribution in [0.5, 0.6) is 0 Å². The van der Waals surface area contributed by atoms with Gasteiger partial charge in [-0.2, -0.15) is 0 Å². The molecule has 0 aliphatic heterocycles. The van der Waals surface area contributed by atoms with E-state index in [0.717, 1.165) is 25.7 Å². The Morgan fingerprint density at radius 1 is 0.519 bits per heavy atom. The predicted molar refractivity (Wildman–Crippen MR) is 109 cm³/mol. The molecule has 0 atom stereocenters. The van der Waals surface area contributed by atoms with Crippen LogP contribution in [0.15, 0.2) is 111 Å². The van der Waals surface area contributed by atoms with E-state index in [9.17, 15) is 0 Å². The Balaban J connectivity index is 1.68. The molecular formula is C26H23Zr. The topological polar surface area (TPSA) is 0 Å². The molecule has 0 fully saturated rings. The van der Waals surface area contributed by atoms with Crippen molar-refractivity contribution in [3.8, 4) is 0 Å². The summed E-state index contributed by atoms with van der Waals surface area (Å²) in [7, 11) is 0. The molecule has 0 unspecified atom stereocenters. The fourth-order valence-corrected chi connectivity index (χ4v) is 4.99. The van der Waals surface area contributed by atoms with Gasteiger partial charge in [-0.3, -0.25) is 0 Å². The second kappa shape index (κ2) is 8.81. The molecule has 1 aliphatic rings. The molecular weight excluding hydrogens is 404 g/mol. The standard InChI is InChI=1S/C26H23.Zr/c1-4-10-21(11-5-1)18-24-16-17-25(19-22-12-6-2-7-13-22)26(24)20-23-14-8-3-9-15-23;/h1-15H,16,18-20H2;. The fourth-order valence-electron chi connectivity index (χ4n) is 3.88. The van der Waals surface area contributed by atoms with E-state index >= 15 is 0 Å². The Hall–Kier alpha value is -1.98. The summed E-state index contributed by atoms with van der Waals surface area (Å²) in [4.78, 5) is 0. The zero-order valence-corrected chi connectivity index (χ0v) is 17.9. The van der Waals surface area contributed by atoms with Crippen LogP contribution in [-0.2, 0) is 44.0 Å². The second-order valence-corrected chi connectivity index (χ2v) is 8.69. The normalized spacial score (nSPS) is 14.0. The van der Waals surface area contributed by atoms with E-state index < -0.39 is 0 Å². The molecule has 3 aromatic carbocycles. The van der Waals surface area contributed by atoms with Crippen molar-refractivity contribution in [1.29, 1.82) is 0 Å². The summed E-state index contributed by atoms with van der Waals surface area (Å²) < 4.78 is 1.63. The molecule has 1 heteroatoms. The van der Waals surface area contributed by atoms with E-state index in [-0.39, 0.29) is 0 Å². The minimum atomic E-state index is 1.04. The molecule has 0 heterocycles. The zero-order chi connectivity index (χ0) is 18.5. The summed E-state index contributed by atoms with van der Waals surface area (Å²) in [5.41, 5.74) is 9.04.